The number of hydrogen-bond donors (Lipinski definition) is 1. The normalized spacial score (nSPS) is 23.0. The number of nitrogens with two attached hydrogens (primary N) is 1. The van der Waals surface area contributed by atoms with Crippen molar-refractivity contribution in [2.45, 2.75) is 66.0 Å². The molecule has 1 fully saturated rings. The van der Waals surface area contributed by atoms with Gasteiger partial charge in [0, 0.05) is 13.1 Å². The molecule has 2 aromatic rings. The van der Waals surface area contributed by atoms with Crippen LogP contribution in [0.25, 0.3) is 11.2 Å². The van der Waals surface area contributed by atoms with E-state index >= 15 is 0 Å². The SMILES string of the molecule is CCC1CCC(Cn2c(N)nc3c(C)nn(CC)c32)CC1. The van der Waals surface area contributed by atoms with Crippen LogP contribution in [0, 0.1) is 18.8 Å². The fourth-order valence-electron chi connectivity index (χ4n) is 3.72. The van der Waals surface area contributed by atoms with Crippen LogP contribution in [-0.2, 0) is 13.1 Å². The molecule has 0 spiro atoms. The summed E-state index contributed by atoms with van der Waals surface area (Å²) >= 11 is 0. The first-order valence-electron chi connectivity index (χ1n) is 8.33. The summed E-state index contributed by atoms with van der Waals surface area (Å²) < 4.78 is 4.22. The zero-order valence-corrected chi connectivity index (χ0v) is 13.5. The van der Waals surface area contributed by atoms with E-state index in [1.54, 1.807) is 0 Å². The Morgan fingerprint density at radius 2 is 1.81 bits per heavy atom. The minimum absolute atomic E-state index is 0.644. The van der Waals surface area contributed by atoms with Gasteiger partial charge in [0.2, 0.25) is 5.95 Å². The number of nitrogen functional groups attached to an aromatic ring is 1. The summed E-state index contributed by atoms with van der Waals surface area (Å²) in [5, 5.41) is 4.57. The molecule has 1 aliphatic carbocycles. The van der Waals surface area contributed by atoms with Crippen molar-refractivity contribution in [2.24, 2.45) is 11.8 Å². The van der Waals surface area contributed by atoms with Gasteiger partial charge in [-0.15, -0.1) is 0 Å². The molecule has 1 aliphatic rings. The molecule has 0 saturated heterocycles. The van der Waals surface area contributed by atoms with Crippen LogP contribution in [0.3, 0.4) is 0 Å². The third kappa shape index (κ3) is 2.54. The van der Waals surface area contributed by atoms with Crippen molar-refractivity contribution in [3.05, 3.63) is 5.69 Å². The molecule has 5 nitrogen and oxygen atoms in total. The van der Waals surface area contributed by atoms with Gasteiger partial charge in [-0.2, -0.15) is 5.10 Å². The van der Waals surface area contributed by atoms with Crippen LogP contribution in [0.2, 0.25) is 0 Å². The maximum absolute atomic E-state index is 6.17. The zero-order valence-electron chi connectivity index (χ0n) is 13.5. The van der Waals surface area contributed by atoms with Gasteiger partial charge in [-0.1, -0.05) is 26.2 Å². The van der Waals surface area contributed by atoms with E-state index in [1.807, 2.05) is 11.6 Å². The maximum atomic E-state index is 6.17. The monoisotopic (exact) mass is 289 g/mol. The highest BCUT2D eigenvalue weighted by Gasteiger charge is 2.23. The number of hydrogen-bond acceptors (Lipinski definition) is 3. The number of rotatable bonds is 4. The van der Waals surface area contributed by atoms with Crippen LogP contribution in [0.1, 0.15) is 51.6 Å². The van der Waals surface area contributed by atoms with Crippen LogP contribution in [0.5, 0.6) is 0 Å². The second-order valence-electron chi connectivity index (χ2n) is 6.45. The molecule has 0 unspecified atom stereocenters. The number of aromatic nitrogens is 4. The van der Waals surface area contributed by atoms with Crippen LogP contribution >= 0.6 is 0 Å². The third-order valence-electron chi connectivity index (χ3n) is 5.11. The highest BCUT2D eigenvalue weighted by molar-refractivity contribution is 5.77. The Kier molecular flexibility index (Phi) is 3.91. The standard InChI is InChI=1S/C16H27N5/c1-4-12-6-8-13(9-7-12)10-20-15-14(18-16(20)17)11(3)19-21(15)5-2/h12-13H,4-10H2,1-3H3,(H2,17,18). The lowest BCUT2D eigenvalue weighted by Gasteiger charge is -2.28. The Hall–Kier alpha value is -1.52. The van der Waals surface area contributed by atoms with E-state index in [0.717, 1.165) is 41.8 Å². The first kappa shape index (κ1) is 14.4. The fourth-order valence-corrected chi connectivity index (χ4v) is 3.72. The quantitative estimate of drug-likeness (QED) is 0.938. The zero-order chi connectivity index (χ0) is 15.0. The van der Waals surface area contributed by atoms with Crippen molar-refractivity contribution in [1.82, 2.24) is 19.3 Å². The van der Waals surface area contributed by atoms with Crippen molar-refractivity contribution in [3.8, 4) is 0 Å². The second-order valence-corrected chi connectivity index (χ2v) is 6.45. The average molecular weight is 289 g/mol. The second kappa shape index (κ2) is 5.70. The van der Waals surface area contributed by atoms with Gasteiger partial charge in [0.15, 0.2) is 5.65 Å². The summed E-state index contributed by atoms with van der Waals surface area (Å²) in [6.45, 7) is 8.29. The number of anilines is 1. The van der Waals surface area contributed by atoms with E-state index in [-0.39, 0.29) is 0 Å². The predicted molar refractivity (Wildman–Crippen MR) is 86.1 cm³/mol. The van der Waals surface area contributed by atoms with Gasteiger partial charge in [-0.3, -0.25) is 4.57 Å². The lowest BCUT2D eigenvalue weighted by atomic mass is 9.81. The van der Waals surface area contributed by atoms with E-state index < -0.39 is 0 Å². The molecule has 0 aliphatic heterocycles. The summed E-state index contributed by atoms with van der Waals surface area (Å²) in [5.41, 5.74) is 9.22. The molecule has 5 heteroatoms. The van der Waals surface area contributed by atoms with Crippen molar-refractivity contribution in [1.29, 1.82) is 0 Å². The van der Waals surface area contributed by atoms with E-state index in [0.29, 0.717) is 5.95 Å². The minimum atomic E-state index is 0.644. The Labute approximate surface area is 126 Å². The highest BCUT2D eigenvalue weighted by Crippen LogP contribution is 2.33. The van der Waals surface area contributed by atoms with Gasteiger partial charge in [0.1, 0.15) is 5.52 Å². The number of imidazole rings is 1. The fraction of sp³-hybridized carbons (Fsp3) is 0.750. The summed E-state index contributed by atoms with van der Waals surface area (Å²) in [7, 11) is 0. The summed E-state index contributed by atoms with van der Waals surface area (Å²) in [4.78, 5) is 4.54. The van der Waals surface area contributed by atoms with Gasteiger partial charge < -0.3 is 5.73 Å². The number of nitrogens with zero attached hydrogens (tertiary/aromatic N) is 4. The van der Waals surface area contributed by atoms with Crippen LogP contribution in [-0.4, -0.2) is 19.3 Å². The topological polar surface area (TPSA) is 61.7 Å². The molecular weight excluding hydrogens is 262 g/mol. The van der Waals surface area contributed by atoms with Gasteiger partial charge >= 0.3 is 0 Å². The molecule has 2 heterocycles. The summed E-state index contributed by atoms with van der Waals surface area (Å²) in [6.07, 6.45) is 6.69. The smallest absolute Gasteiger partial charge is 0.202 e. The van der Waals surface area contributed by atoms with E-state index in [2.05, 4.69) is 28.5 Å². The Balaban J connectivity index is 1.85. The Bertz CT molecular complexity index is 616. The summed E-state index contributed by atoms with van der Waals surface area (Å²) in [5.74, 6) is 2.31. The highest BCUT2D eigenvalue weighted by atomic mass is 15.4. The maximum Gasteiger partial charge on any atom is 0.202 e. The lowest BCUT2D eigenvalue weighted by Crippen LogP contribution is -2.20. The molecule has 0 atom stereocenters. The molecule has 0 amide bonds. The number of aryl methyl sites for hydroxylation is 2. The van der Waals surface area contributed by atoms with Crippen molar-refractivity contribution in [2.75, 3.05) is 5.73 Å². The van der Waals surface area contributed by atoms with Gasteiger partial charge in [0.05, 0.1) is 5.69 Å². The molecule has 21 heavy (non-hydrogen) atoms. The first-order chi connectivity index (χ1) is 10.1. The van der Waals surface area contributed by atoms with Gasteiger partial charge in [-0.05, 0) is 38.5 Å². The molecule has 116 valence electrons. The molecule has 0 aromatic carbocycles. The van der Waals surface area contributed by atoms with Gasteiger partial charge in [-0.25, -0.2) is 9.67 Å². The molecular formula is C16H27N5. The van der Waals surface area contributed by atoms with E-state index in [1.165, 1.54) is 32.1 Å². The molecule has 2 aromatic heterocycles. The number of fused-ring (bicyclic) bond motifs is 1. The van der Waals surface area contributed by atoms with E-state index in [9.17, 15) is 0 Å². The average Bonchev–Trinajstić information content (AvgIpc) is 2.98. The molecule has 2 N–H and O–H groups in total. The molecule has 0 radical (unpaired) electrons. The van der Waals surface area contributed by atoms with Crippen molar-refractivity contribution < 1.29 is 0 Å². The van der Waals surface area contributed by atoms with Crippen molar-refractivity contribution >= 4 is 17.1 Å². The lowest BCUT2D eigenvalue weighted by molar-refractivity contribution is 0.249. The predicted octanol–water partition coefficient (Wildman–Crippen LogP) is 3.36. The largest absolute Gasteiger partial charge is 0.369 e. The summed E-state index contributed by atoms with van der Waals surface area (Å²) in [6, 6.07) is 0. The Morgan fingerprint density at radius 1 is 1.14 bits per heavy atom. The molecule has 1 saturated carbocycles. The van der Waals surface area contributed by atoms with Crippen LogP contribution in [0.15, 0.2) is 0 Å². The van der Waals surface area contributed by atoms with Crippen LogP contribution in [0.4, 0.5) is 5.95 Å². The molecule has 0 bridgehead atoms. The van der Waals surface area contributed by atoms with Gasteiger partial charge in [0.25, 0.3) is 0 Å². The minimum Gasteiger partial charge on any atom is -0.369 e. The van der Waals surface area contributed by atoms with E-state index in [4.69, 9.17) is 5.73 Å². The molecule has 3 rings (SSSR count). The first-order valence-corrected chi connectivity index (χ1v) is 8.33. The third-order valence-corrected chi connectivity index (χ3v) is 5.11. The van der Waals surface area contributed by atoms with Crippen molar-refractivity contribution in [3.63, 3.8) is 0 Å². The Morgan fingerprint density at radius 3 is 2.43 bits per heavy atom. The van der Waals surface area contributed by atoms with Crippen LogP contribution < -0.4 is 5.73 Å².